The molecule has 0 heterocycles. The van der Waals surface area contributed by atoms with Gasteiger partial charge in [0.05, 0.1) is 0 Å². The van der Waals surface area contributed by atoms with Gasteiger partial charge in [0.1, 0.15) is 0 Å². The lowest BCUT2D eigenvalue weighted by molar-refractivity contribution is -0.137. The Hall–Kier alpha value is -1.06. The van der Waals surface area contributed by atoms with Gasteiger partial charge < -0.3 is 10.4 Å². The lowest BCUT2D eigenvalue weighted by Crippen LogP contribution is -2.29. The lowest BCUT2D eigenvalue weighted by atomic mass is 10.1. The van der Waals surface area contributed by atoms with E-state index >= 15 is 0 Å². The summed E-state index contributed by atoms with van der Waals surface area (Å²) in [5.74, 6) is -0.671. The minimum Gasteiger partial charge on any atom is -0.481 e. The van der Waals surface area contributed by atoms with Crippen molar-refractivity contribution in [3.8, 4) is 0 Å². The number of aliphatic carboxylic acids is 1. The Morgan fingerprint density at radius 3 is 2.50 bits per heavy atom. The van der Waals surface area contributed by atoms with Gasteiger partial charge in [-0.15, -0.1) is 0 Å². The van der Waals surface area contributed by atoms with Gasteiger partial charge in [0.15, 0.2) is 0 Å². The number of carbonyl (C=O) groups excluding carboxylic acids is 1. The summed E-state index contributed by atoms with van der Waals surface area (Å²) in [6.45, 7) is 4.43. The Balaban J connectivity index is 3.36. The van der Waals surface area contributed by atoms with E-state index in [0.717, 1.165) is 12.8 Å². The quantitative estimate of drug-likeness (QED) is 0.612. The van der Waals surface area contributed by atoms with Gasteiger partial charge in [-0.05, 0) is 19.3 Å². The summed E-state index contributed by atoms with van der Waals surface area (Å²) in [5.41, 5.74) is 0. The van der Waals surface area contributed by atoms with Crippen LogP contribution in [0.4, 0.5) is 0 Å². The Morgan fingerprint density at radius 1 is 1.36 bits per heavy atom. The molecule has 0 rings (SSSR count). The molecule has 0 saturated heterocycles. The lowest BCUT2D eigenvalue weighted by Gasteiger charge is -2.08. The summed E-state index contributed by atoms with van der Waals surface area (Å²) < 4.78 is 0. The molecule has 0 radical (unpaired) electrons. The zero-order valence-electron chi connectivity index (χ0n) is 8.88. The van der Waals surface area contributed by atoms with Crippen molar-refractivity contribution in [1.82, 2.24) is 5.32 Å². The third-order valence-corrected chi connectivity index (χ3v) is 2.18. The van der Waals surface area contributed by atoms with Crippen molar-refractivity contribution < 1.29 is 14.7 Å². The highest BCUT2D eigenvalue weighted by molar-refractivity contribution is 5.78. The third kappa shape index (κ3) is 6.46. The fourth-order valence-electron chi connectivity index (χ4n) is 0.972. The molecule has 4 nitrogen and oxygen atoms in total. The van der Waals surface area contributed by atoms with Crippen LogP contribution in [-0.4, -0.2) is 23.5 Å². The van der Waals surface area contributed by atoms with Gasteiger partial charge in [0.2, 0.25) is 5.91 Å². The van der Waals surface area contributed by atoms with E-state index in [2.05, 4.69) is 5.32 Å². The first-order valence-corrected chi connectivity index (χ1v) is 5.07. The monoisotopic (exact) mass is 201 g/mol. The van der Waals surface area contributed by atoms with E-state index in [4.69, 9.17) is 5.11 Å². The molecule has 0 fully saturated rings. The number of rotatable bonds is 7. The van der Waals surface area contributed by atoms with Crippen molar-refractivity contribution in [2.75, 3.05) is 6.54 Å². The summed E-state index contributed by atoms with van der Waals surface area (Å²) in [4.78, 5) is 21.4. The molecular weight excluding hydrogens is 182 g/mol. The maximum absolute atomic E-state index is 11.2. The second-order valence-corrected chi connectivity index (χ2v) is 3.45. The molecule has 0 aromatic rings. The molecule has 2 N–H and O–H groups in total. The van der Waals surface area contributed by atoms with Gasteiger partial charge in [-0.2, -0.15) is 0 Å². The van der Waals surface area contributed by atoms with Gasteiger partial charge in [0.25, 0.3) is 0 Å². The molecule has 0 spiro atoms. The third-order valence-electron chi connectivity index (χ3n) is 2.18. The highest BCUT2D eigenvalue weighted by Crippen LogP contribution is 2.00. The second-order valence-electron chi connectivity index (χ2n) is 3.45. The first-order valence-electron chi connectivity index (χ1n) is 5.07. The van der Waals surface area contributed by atoms with Gasteiger partial charge in [0, 0.05) is 18.9 Å². The van der Waals surface area contributed by atoms with Crippen LogP contribution in [0.25, 0.3) is 0 Å². The SMILES string of the molecule is CCC(C)C(=O)NCCCCC(=O)O. The Labute approximate surface area is 84.7 Å². The van der Waals surface area contributed by atoms with Crippen molar-refractivity contribution in [3.05, 3.63) is 0 Å². The number of hydrogen-bond acceptors (Lipinski definition) is 2. The summed E-state index contributed by atoms with van der Waals surface area (Å²) in [6.07, 6.45) is 2.37. The zero-order valence-corrected chi connectivity index (χ0v) is 8.88. The maximum atomic E-state index is 11.2. The van der Waals surface area contributed by atoms with Crippen LogP contribution in [0.3, 0.4) is 0 Å². The van der Waals surface area contributed by atoms with Crippen molar-refractivity contribution >= 4 is 11.9 Å². The first-order chi connectivity index (χ1) is 6.57. The Kier molecular flexibility index (Phi) is 6.80. The number of carboxylic acid groups (broad SMARTS) is 1. The molecule has 0 bridgehead atoms. The Bertz CT molecular complexity index is 192. The summed E-state index contributed by atoms with van der Waals surface area (Å²) in [6, 6.07) is 0. The molecule has 0 aromatic heterocycles. The number of unbranched alkanes of at least 4 members (excludes halogenated alkanes) is 1. The van der Waals surface area contributed by atoms with Crippen LogP contribution in [-0.2, 0) is 9.59 Å². The van der Waals surface area contributed by atoms with E-state index in [-0.39, 0.29) is 18.2 Å². The van der Waals surface area contributed by atoms with Gasteiger partial charge in [-0.3, -0.25) is 9.59 Å². The highest BCUT2D eigenvalue weighted by atomic mass is 16.4. The molecule has 82 valence electrons. The molecule has 0 aliphatic carbocycles. The fourth-order valence-corrected chi connectivity index (χ4v) is 0.972. The van der Waals surface area contributed by atoms with Crippen LogP contribution < -0.4 is 5.32 Å². The minimum absolute atomic E-state index is 0.0504. The predicted molar refractivity (Wildman–Crippen MR) is 54.0 cm³/mol. The summed E-state index contributed by atoms with van der Waals surface area (Å²) in [7, 11) is 0. The smallest absolute Gasteiger partial charge is 0.303 e. The van der Waals surface area contributed by atoms with Crippen molar-refractivity contribution in [3.63, 3.8) is 0 Å². The number of amides is 1. The van der Waals surface area contributed by atoms with Crippen LogP contribution >= 0.6 is 0 Å². The molecule has 0 aliphatic rings. The van der Waals surface area contributed by atoms with E-state index in [1.807, 2.05) is 13.8 Å². The fraction of sp³-hybridized carbons (Fsp3) is 0.800. The molecule has 0 saturated carbocycles. The molecule has 1 atom stereocenters. The predicted octanol–water partition coefficient (Wildman–Crippen LogP) is 1.40. The van der Waals surface area contributed by atoms with Crippen LogP contribution in [0, 0.1) is 5.92 Å². The van der Waals surface area contributed by atoms with Crippen LogP contribution in [0.15, 0.2) is 0 Å². The Morgan fingerprint density at radius 2 is 2.00 bits per heavy atom. The average Bonchev–Trinajstić information content (AvgIpc) is 2.15. The van der Waals surface area contributed by atoms with E-state index in [1.165, 1.54) is 0 Å². The number of carboxylic acids is 1. The summed E-state index contributed by atoms with van der Waals surface area (Å²) in [5, 5.41) is 11.1. The molecule has 0 aliphatic heterocycles. The minimum atomic E-state index is -0.779. The van der Waals surface area contributed by atoms with E-state index in [1.54, 1.807) is 0 Å². The summed E-state index contributed by atoms with van der Waals surface area (Å²) >= 11 is 0. The van der Waals surface area contributed by atoms with Gasteiger partial charge in [-0.25, -0.2) is 0 Å². The molecule has 1 unspecified atom stereocenters. The molecule has 0 aromatic carbocycles. The average molecular weight is 201 g/mol. The van der Waals surface area contributed by atoms with Crippen molar-refractivity contribution in [2.45, 2.75) is 39.5 Å². The van der Waals surface area contributed by atoms with E-state index in [9.17, 15) is 9.59 Å². The second kappa shape index (κ2) is 7.35. The van der Waals surface area contributed by atoms with E-state index in [0.29, 0.717) is 13.0 Å². The van der Waals surface area contributed by atoms with Gasteiger partial charge in [-0.1, -0.05) is 13.8 Å². The van der Waals surface area contributed by atoms with Crippen LogP contribution in [0.5, 0.6) is 0 Å². The number of nitrogens with one attached hydrogen (secondary N) is 1. The molecular formula is C10H19NO3. The highest BCUT2D eigenvalue weighted by Gasteiger charge is 2.08. The molecule has 4 heteroatoms. The van der Waals surface area contributed by atoms with Crippen molar-refractivity contribution in [1.29, 1.82) is 0 Å². The largest absolute Gasteiger partial charge is 0.481 e. The first kappa shape index (κ1) is 12.9. The van der Waals surface area contributed by atoms with Crippen LogP contribution in [0.2, 0.25) is 0 Å². The number of hydrogen-bond donors (Lipinski definition) is 2. The normalized spacial score (nSPS) is 12.1. The standard InChI is InChI=1S/C10H19NO3/c1-3-8(2)10(14)11-7-5-4-6-9(12)13/h8H,3-7H2,1-2H3,(H,11,14)(H,12,13). The number of carbonyl (C=O) groups is 2. The van der Waals surface area contributed by atoms with Gasteiger partial charge >= 0.3 is 5.97 Å². The van der Waals surface area contributed by atoms with E-state index < -0.39 is 5.97 Å². The topological polar surface area (TPSA) is 66.4 Å². The molecule has 14 heavy (non-hydrogen) atoms. The van der Waals surface area contributed by atoms with Crippen molar-refractivity contribution in [2.24, 2.45) is 5.92 Å². The zero-order chi connectivity index (χ0) is 11.0. The maximum Gasteiger partial charge on any atom is 0.303 e. The molecule has 1 amide bonds. The van der Waals surface area contributed by atoms with Crippen LogP contribution in [0.1, 0.15) is 39.5 Å².